The van der Waals surface area contributed by atoms with Crippen LogP contribution in [0.5, 0.6) is 11.5 Å². The van der Waals surface area contributed by atoms with Crippen LogP contribution in [0.15, 0.2) is 12.1 Å². The number of phenolic OH excluding ortho intramolecular Hbond substituents is 1. The number of rotatable bonds is 2. The van der Waals surface area contributed by atoms with Crippen LogP contribution in [0.2, 0.25) is 0 Å². The highest BCUT2D eigenvalue weighted by Gasteiger charge is 2.73. The van der Waals surface area contributed by atoms with Crippen molar-refractivity contribution >= 4 is 5.78 Å². The molecule has 3 aliphatic carbocycles. The van der Waals surface area contributed by atoms with Gasteiger partial charge < -0.3 is 14.9 Å². The largest absolute Gasteiger partial charge is 0.504 e. The minimum absolute atomic E-state index is 0.0454. The summed E-state index contributed by atoms with van der Waals surface area (Å²) in [6, 6.07) is 3.69. The average Bonchev–Trinajstić information content (AvgIpc) is 3.32. The highest BCUT2D eigenvalue weighted by molar-refractivity contribution is 5.90. The van der Waals surface area contributed by atoms with Crippen molar-refractivity contribution in [2.45, 2.75) is 61.7 Å². The summed E-state index contributed by atoms with van der Waals surface area (Å²) in [6.07, 6.45) is 4.33. The molecule has 1 aromatic carbocycles. The first kappa shape index (κ1) is 14.6. The number of likely N-dealkylation sites (tertiary alicyclic amines) is 1. The summed E-state index contributed by atoms with van der Waals surface area (Å²) in [6.45, 7) is 1.95. The number of Topliss-reactive ketones (excluding diaryl/α,β-unsaturated/α-hetero) is 1. The van der Waals surface area contributed by atoms with Crippen LogP contribution in [0.4, 0.5) is 0 Å². The van der Waals surface area contributed by atoms with E-state index in [9.17, 15) is 15.0 Å². The summed E-state index contributed by atoms with van der Waals surface area (Å²) in [5, 5.41) is 22.3. The summed E-state index contributed by atoms with van der Waals surface area (Å²) >= 11 is 0. The Kier molecular flexibility index (Phi) is 2.55. The number of carbonyl (C=O) groups excluding carboxylic acids is 1. The van der Waals surface area contributed by atoms with Crippen molar-refractivity contribution in [3.8, 4) is 11.5 Å². The van der Waals surface area contributed by atoms with E-state index in [0.29, 0.717) is 18.6 Å². The molecule has 1 spiro atoms. The summed E-state index contributed by atoms with van der Waals surface area (Å²) in [4.78, 5) is 15.2. The fourth-order valence-electron chi connectivity index (χ4n) is 6.26. The van der Waals surface area contributed by atoms with E-state index in [1.165, 1.54) is 12.8 Å². The lowest BCUT2D eigenvalue weighted by molar-refractivity contribution is -0.188. The summed E-state index contributed by atoms with van der Waals surface area (Å²) in [7, 11) is 0. The van der Waals surface area contributed by atoms with Crippen LogP contribution >= 0.6 is 0 Å². The Morgan fingerprint density at radius 3 is 2.92 bits per heavy atom. The number of ketones is 1. The average molecular weight is 341 g/mol. The minimum atomic E-state index is -0.940. The Bertz CT molecular complexity index is 803. The molecule has 2 bridgehead atoms. The maximum atomic E-state index is 12.7. The fraction of sp³-hybridized carbons (Fsp3) is 0.650. The van der Waals surface area contributed by atoms with Gasteiger partial charge in [0, 0.05) is 24.6 Å². The van der Waals surface area contributed by atoms with Crippen LogP contribution in [0, 0.1) is 5.92 Å². The normalized spacial score (nSPS) is 41.4. The second kappa shape index (κ2) is 4.38. The topological polar surface area (TPSA) is 70.0 Å². The number of piperidine rings is 1. The van der Waals surface area contributed by atoms with Crippen molar-refractivity contribution in [1.82, 2.24) is 4.90 Å². The van der Waals surface area contributed by atoms with Gasteiger partial charge in [-0.1, -0.05) is 6.07 Å². The van der Waals surface area contributed by atoms with Gasteiger partial charge in [-0.3, -0.25) is 9.69 Å². The molecule has 2 N–H and O–H groups in total. The molecule has 6 rings (SSSR count). The molecule has 0 amide bonds. The molecule has 5 aliphatic rings. The molecule has 1 aromatic rings. The van der Waals surface area contributed by atoms with Gasteiger partial charge in [0.25, 0.3) is 0 Å². The molecule has 1 unspecified atom stereocenters. The van der Waals surface area contributed by atoms with Gasteiger partial charge in [0.05, 0.1) is 11.0 Å². The van der Waals surface area contributed by atoms with Crippen molar-refractivity contribution in [3.63, 3.8) is 0 Å². The lowest BCUT2D eigenvalue weighted by Crippen LogP contribution is -2.76. The van der Waals surface area contributed by atoms with Crippen LogP contribution in [-0.4, -0.2) is 51.7 Å². The number of benzene rings is 1. The maximum absolute atomic E-state index is 12.7. The zero-order valence-corrected chi connectivity index (χ0v) is 14.2. The number of ether oxygens (including phenoxy) is 1. The first-order valence-electron chi connectivity index (χ1n) is 9.56. The molecular weight excluding hydrogens is 318 g/mol. The van der Waals surface area contributed by atoms with Crippen molar-refractivity contribution in [2.24, 2.45) is 5.92 Å². The van der Waals surface area contributed by atoms with Gasteiger partial charge in [-0.25, -0.2) is 0 Å². The smallest absolute Gasteiger partial charge is 0.174 e. The van der Waals surface area contributed by atoms with Crippen molar-refractivity contribution in [1.29, 1.82) is 0 Å². The summed E-state index contributed by atoms with van der Waals surface area (Å²) in [5.41, 5.74) is 0.454. The molecule has 0 radical (unpaired) electrons. The van der Waals surface area contributed by atoms with E-state index in [-0.39, 0.29) is 17.6 Å². The summed E-state index contributed by atoms with van der Waals surface area (Å²) < 4.78 is 6.04. The Hall–Kier alpha value is -1.59. The van der Waals surface area contributed by atoms with E-state index < -0.39 is 17.1 Å². The molecule has 5 heteroatoms. The summed E-state index contributed by atoms with van der Waals surface area (Å²) in [5.74, 6) is 1.39. The van der Waals surface area contributed by atoms with Crippen LogP contribution in [0.1, 0.15) is 43.2 Å². The van der Waals surface area contributed by atoms with Crippen molar-refractivity contribution in [2.75, 3.05) is 13.1 Å². The third kappa shape index (κ3) is 1.56. The van der Waals surface area contributed by atoms with E-state index in [1.54, 1.807) is 6.07 Å². The maximum Gasteiger partial charge on any atom is 0.174 e. The van der Waals surface area contributed by atoms with E-state index >= 15 is 0 Å². The number of nitrogens with zero attached hydrogens (tertiary/aromatic N) is 1. The SMILES string of the molecule is O=C1CC[C@]2(O)C3Cc4ccc(O)c5c4[C@]2(CCN3CC2CC2)[C@@H]1O5. The quantitative estimate of drug-likeness (QED) is 0.854. The Balaban J connectivity index is 1.58. The molecular formula is C20H23NO4. The number of aromatic hydroxyl groups is 1. The number of hydrogen-bond donors (Lipinski definition) is 2. The molecule has 2 saturated carbocycles. The van der Waals surface area contributed by atoms with Gasteiger partial charge in [0.1, 0.15) is 0 Å². The molecule has 25 heavy (non-hydrogen) atoms. The van der Waals surface area contributed by atoms with Gasteiger partial charge in [-0.15, -0.1) is 0 Å². The number of carbonyl (C=O) groups is 1. The second-order valence-corrected chi connectivity index (χ2v) is 8.72. The lowest BCUT2D eigenvalue weighted by atomic mass is 9.49. The van der Waals surface area contributed by atoms with Gasteiger partial charge >= 0.3 is 0 Å². The number of phenols is 1. The fourth-order valence-corrected chi connectivity index (χ4v) is 6.26. The molecule has 4 atom stereocenters. The zero-order valence-electron chi connectivity index (χ0n) is 14.2. The highest BCUT2D eigenvalue weighted by atomic mass is 16.5. The molecule has 0 aromatic heterocycles. The van der Waals surface area contributed by atoms with Crippen LogP contribution < -0.4 is 4.74 Å². The molecule has 5 nitrogen and oxygen atoms in total. The highest BCUT2D eigenvalue weighted by Crippen LogP contribution is 2.64. The first-order chi connectivity index (χ1) is 12.0. The zero-order chi connectivity index (χ0) is 17.0. The van der Waals surface area contributed by atoms with Crippen LogP contribution in [-0.2, 0) is 16.6 Å². The Morgan fingerprint density at radius 2 is 2.12 bits per heavy atom. The van der Waals surface area contributed by atoms with E-state index in [4.69, 9.17) is 4.74 Å². The molecule has 2 heterocycles. The Morgan fingerprint density at radius 1 is 1.28 bits per heavy atom. The van der Waals surface area contributed by atoms with Crippen molar-refractivity contribution < 1.29 is 19.7 Å². The monoisotopic (exact) mass is 341 g/mol. The van der Waals surface area contributed by atoms with E-state index in [2.05, 4.69) is 4.90 Å². The third-order valence-electron chi connectivity index (χ3n) is 7.56. The predicted octanol–water partition coefficient (Wildman–Crippen LogP) is 1.53. The van der Waals surface area contributed by atoms with Crippen molar-refractivity contribution in [3.05, 3.63) is 23.3 Å². The van der Waals surface area contributed by atoms with E-state index in [0.717, 1.165) is 43.0 Å². The minimum Gasteiger partial charge on any atom is -0.504 e. The number of aliphatic hydroxyl groups is 1. The standard InChI is InChI=1S/C20H23NO4/c22-13-4-3-12-9-15-20(24)6-5-14(23)18-19(20,16(12)17(13)25-18)7-8-21(15)10-11-1-2-11/h3-4,11,15,18,22,24H,1-2,5-10H2/t15?,18-,19-,20+/m1/s1. The van der Waals surface area contributed by atoms with Crippen LogP contribution in [0.3, 0.4) is 0 Å². The molecule has 2 aliphatic heterocycles. The third-order valence-corrected chi connectivity index (χ3v) is 7.56. The van der Waals surface area contributed by atoms with E-state index in [1.807, 2.05) is 6.07 Å². The second-order valence-electron chi connectivity index (χ2n) is 8.72. The van der Waals surface area contributed by atoms with Gasteiger partial charge in [-0.2, -0.15) is 0 Å². The van der Waals surface area contributed by atoms with Crippen LogP contribution in [0.25, 0.3) is 0 Å². The molecule has 132 valence electrons. The van der Waals surface area contributed by atoms with Gasteiger partial charge in [0.15, 0.2) is 23.4 Å². The first-order valence-corrected chi connectivity index (χ1v) is 9.56. The Labute approximate surface area is 146 Å². The molecule has 1 saturated heterocycles. The lowest BCUT2D eigenvalue weighted by Gasteiger charge is -2.62. The van der Waals surface area contributed by atoms with Gasteiger partial charge in [-0.05, 0) is 56.2 Å². The molecule has 3 fully saturated rings. The predicted molar refractivity (Wildman–Crippen MR) is 89.8 cm³/mol. The van der Waals surface area contributed by atoms with Gasteiger partial charge in [0.2, 0.25) is 0 Å². The number of hydrogen-bond acceptors (Lipinski definition) is 5.